The Morgan fingerprint density at radius 2 is 1.91 bits per heavy atom. The van der Waals surface area contributed by atoms with E-state index in [1.54, 1.807) is 0 Å². The minimum Gasteiger partial charge on any atom is -0.352 e. The van der Waals surface area contributed by atoms with Crippen LogP contribution >= 0.6 is 0 Å². The Labute approximate surface area is 130 Å². The fourth-order valence-electron chi connectivity index (χ4n) is 2.80. The smallest absolute Gasteiger partial charge is 0.243 e. The van der Waals surface area contributed by atoms with Crippen LogP contribution in [0, 0.1) is 5.82 Å². The Kier molecular flexibility index (Phi) is 5.05. The molecular weight excluding hydrogens is 307 g/mol. The maximum Gasteiger partial charge on any atom is 0.243 e. The summed E-state index contributed by atoms with van der Waals surface area (Å²) in [4.78, 5) is 12.3. The summed E-state index contributed by atoms with van der Waals surface area (Å²) in [5, 5.41) is 2.85. The van der Waals surface area contributed by atoms with Crippen molar-refractivity contribution in [2.75, 3.05) is 10.6 Å². The lowest BCUT2D eigenvalue weighted by Crippen LogP contribution is -2.50. The van der Waals surface area contributed by atoms with Crippen LogP contribution in [-0.4, -0.2) is 32.7 Å². The van der Waals surface area contributed by atoms with Gasteiger partial charge in [-0.25, -0.2) is 12.8 Å². The summed E-state index contributed by atoms with van der Waals surface area (Å²) in [6.45, 7) is 1.47. The van der Waals surface area contributed by atoms with Gasteiger partial charge in [-0.3, -0.25) is 9.10 Å². The normalized spacial score (nSPS) is 17.2. The minimum atomic E-state index is -3.79. The molecule has 1 N–H and O–H groups in total. The number of benzene rings is 1. The van der Waals surface area contributed by atoms with Crippen molar-refractivity contribution in [3.05, 3.63) is 30.1 Å². The molecule has 0 aliphatic heterocycles. The van der Waals surface area contributed by atoms with Gasteiger partial charge in [0, 0.05) is 6.04 Å². The summed E-state index contributed by atoms with van der Waals surface area (Å²) in [5.41, 5.74) is -0.112. The minimum absolute atomic E-state index is 0.0805. The molecule has 0 heterocycles. The van der Waals surface area contributed by atoms with Gasteiger partial charge in [0.2, 0.25) is 15.9 Å². The summed E-state index contributed by atoms with van der Waals surface area (Å²) in [7, 11) is -3.79. The molecule has 1 aromatic carbocycles. The molecule has 22 heavy (non-hydrogen) atoms. The molecule has 0 spiro atoms. The van der Waals surface area contributed by atoms with Crippen molar-refractivity contribution in [1.29, 1.82) is 0 Å². The van der Waals surface area contributed by atoms with Gasteiger partial charge in [0.05, 0.1) is 11.9 Å². The molecule has 0 aromatic heterocycles. The van der Waals surface area contributed by atoms with Crippen molar-refractivity contribution < 1.29 is 17.6 Å². The summed E-state index contributed by atoms with van der Waals surface area (Å²) >= 11 is 0. The number of para-hydroxylation sites is 1. The fourth-order valence-corrected chi connectivity index (χ4v) is 3.98. The number of carbonyl (C=O) groups excluding carboxylic acids is 1. The molecule has 5 nitrogen and oxygen atoms in total. The first-order valence-corrected chi connectivity index (χ1v) is 9.20. The van der Waals surface area contributed by atoms with E-state index in [0.717, 1.165) is 36.2 Å². The molecule has 1 atom stereocenters. The van der Waals surface area contributed by atoms with Crippen molar-refractivity contribution >= 4 is 21.6 Å². The number of carbonyl (C=O) groups is 1. The molecule has 2 rings (SSSR count). The van der Waals surface area contributed by atoms with E-state index in [-0.39, 0.29) is 11.7 Å². The summed E-state index contributed by atoms with van der Waals surface area (Å²) in [6.07, 6.45) is 4.89. The quantitative estimate of drug-likeness (QED) is 0.899. The van der Waals surface area contributed by atoms with Gasteiger partial charge in [0.15, 0.2) is 0 Å². The van der Waals surface area contributed by atoms with Gasteiger partial charge in [0.25, 0.3) is 0 Å². The van der Waals surface area contributed by atoms with Crippen molar-refractivity contribution in [3.63, 3.8) is 0 Å². The van der Waals surface area contributed by atoms with E-state index in [2.05, 4.69) is 5.32 Å². The maximum absolute atomic E-state index is 14.0. The van der Waals surface area contributed by atoms with Gasteiger partial charge in [-0.1, -0.05) is 25.0 Å². The Morgan fingerprint density at radius 1 is 1.32 bits per heavy atom. The van der Waals surface area contributed by atoms with Crippen LogP contribution in [0.15, 0.2) is 24.3 Å². The van der Waals surface area contributed by atoms with Crippen LogP contribution in [-0.2, 0) is 14.8 Å². The molecular formula is C15H21FN2O3S. The number of amides is 1. The Bertz CT molecular complexity index is 642. The first kappa shape index (κ1) is 16.7. The van der Waals surface area contributed by atoms with Crippen LogP contribution in [0.5, 0.6) is 0 Å². The van der Waals surface area contributed by atoms with Crippen molar-refractivity contribution in [1.82, 2.24) is 5.32 Å². The number of nitrogens with zero attached hydrogens (tertiary/aromatic N) is 1. The second-order valence-electron chi connectivity index (χ2n) is 5.68. The predicted molar refractivity (Wildman–Crippen MR) is 83.6 cm³/mol. The first-order valence-electron chi connectivity index (χ1n) is 7.35. The van der Waals surface area contributed by atoms with E-state index in [0.29, 0.717) is 0 Å². The second kappa shape index (κ2) is 6.64. The second-order valence-corrected chi connectivity index (χ2v) is 7.54. The Hall–Kier alpha value is -1.63. The molecule has 1 saturated carbocycles. The highest BCUT2D eigenvalue weighted by Crippen LogP contribution is 2.24. The maximum atomic E-state index is 14.0. The SMILES string of the molecule is CC(C(=O)NC1CCCC1)N(c1ccccc1F)S(C)(=O)=O. The molecule has 0 saturated heterocycles. The molecule has 1 aliphatic rings. The van der Waals surface area contributed by atoms with E-state index in [4.69, 9.17) is 0 Å². The lowest BCUT2D eigenvalue weighted by molar-refractivity contribution is -0.122. The van der Waals surface area contributed by atoms with Crippen molar-refractivity contribution in [2.45, 2.75) is 44.7 Å². The molecule has 1 aromatic rings. The monoisotopic (exact) mass is 328 g/mol. The summed E-state index contributed by atoms with van der Waals surface area (Å²) in [5.74, 6) is -1.07. The zero-order valence-electron chi connectivity index (χ0n) is 12.8. The molecule has 1 fully saturated rings. The third-order valence-electron chi connectivity index (χ3n) is 3.88. The number of hydrogen-bond donors (Lipinski definition) is 1. The standard InChI is InChI=1S/C15H21FN2O3S/c1-11(15(19)17-12-7-3-4-8-12)18(22(2,20)21)14-10-6-5-9-13(14)16/h5-6,9-12H,3-4,7-8H2,1-2H3,(H,17,19). The van der Waals surface area contributed by atoms with Crippen LogP contribution in [0.1, 0.15) is 32.6 Å². The van der Waals surface area contributed by atoms with Gasteiger partial charge in [-0.15, -0.1) is 0 Å². The lowest BCUT2D eigenvalue weighted by atomic mass is 10.2. The average molecular weight is 328 g/mol. The zero-order chi connectivity index (χ0) is 16.3. The summed E-state index contributed by atoms with van der Waals surface area (Å²) < 4.78 is 38.9. The number of rotatable bonds is 5. The largest absolute Gasteiger partial charge is 0.352 e. The highest BCUT2D eigenvalue weighted by atomic mass is 32.2. The van der Waals surface area contributed by atoms with E-state index >= 15 is 0 Å². The van der Waals surface area contributed by atoms with E-state index in [9.17, 15) is 17.6 Å². The highest BCUT2D eigenvalue weighted by Gasteiger charge is 2.32. The van der Waals surface area contributed by atoms with Crippen LogP contribution in [0.25, 0.3) is 0 Å². The fraction of sp³-hybridized carbons (Fsp3) is 0.533. The van der Waals surface area contributed by atoms with Gasteiger partial charge in [-0.05, 0) is 31.9 Å². The first-order chi connectivity index (χ1) is 10.3. The zero-order valence-corrected chi connectivity index (χ0v) is 13.6. The van der Waals surface area contributed by atoms with Gasteiger partial charge in [-0.2, -0.15) is 0 Å². The highest BCUT2D eigenvalue weighted by molar-refractivity contribution is 7.92. The van der Waals surface area contributed by atoms with Crippen molar-refractivity contribution in [3.8, 4) is 0 Å². The molecule has 122 valence electrons. The molecule has 0 radical (unpaired) electrons. The topological polar surface area (TPSA) is 66.5 Å². The number of hydrogen-bond acceptors (Lipinski definition) is 3. The van der Waals surface area contributed by atoms with E-state index < -0.39 is 27.8 Å². The molecule has 7 heteroatoms. The number of nitrogens with one attached hydrogen (secondary N) is 1. The lowest BCUT2D eigenvalue weighted by Gasteiger charge is -2.29. The molecule has 1 unspecified atom stereocenters. The average Bonchev–Trinajstić information content (AvgIpc) is 2.92. The Morgan fingerprint density at radius 3 is 2.45 bits per heavy atom. The summed E-state index contributed by atoms with van der Waals surface area (Å²) in [6, 6.07) is 4.62. The van der Waals surface area contributed by atoms with Crippen molar-refractivity contribution in [2.24, 2.45) is 0 Å². The van der Waals surface area contributed by atoms with Gasteiger partial charge >= 0.3 is 0 Å². The number of halogens is 1. The van der Waals surface area contributed by atoms with Crippen LogP contribution < -0.4 is 9.62 Å². The van der Waals surface area contributed by atoms with E-state index in [1.807, 2.05) is 0 Å². The molecule has 0 bridgehead atoms. The third-order valence-corrected chi connectivity index (χ3v) is 5.11. The molecule has 1 amide bonds. The van der Waals surface area contributed by atoms with Crippen LogP contribution in [0.4, 0.5) is 10.1 Å². The van der Waals surface area contributed by atoms with Gasteiger partial charge in [0.1, 0.15) is 11.9 Å². The number of sulfonamides is 1. The van der Waals surface area contributed by atoms with Gasteiger partial charge < -0.3 is 5.32 Å². The van der Waals surface area contributed by atoms with Crippen LogP contribution in [0.2, 0.25) is 0 Å². The predicted octanol–water partition coefficient (Wildman–Crippen LogP) is 2.04. The van der Waals surface area contributed by atoms with E-state index in [1.165, 1.54) is 31.2 Å². The third kappa shape index (κ3) is 3.76. The number of anilines is 1. The Balaban J connectivity index is 2.25. The molecule has 1 aliphatic carbocycles. The van der Waals surface area contributed by atoms with Crippen LogP contribution in [0.3, 0.4) is 0 Å².